The molecule has 1 N–H and O–H groups in total. The van der Waals surface area contributed by atoms with E-state index in [-0.39, 0.29) is 24.4 Å². The molecule has 8 heteroatoms. The second-order valence-electron chi connectivity index (χ2n) is 7.98. The van der Waals surface area contributed by atoms with E-state index >= 15 is 0 Å². The van der Waals surface area contributed by atoms with Crippen molar-refractivity contribution >= 4 is 11.0 Å². The highest BCUT2D eigenvalue weighted by Gasteiger charge is 2.36. The Hall–Kier alpha value is -3.42. The number of aromatic amines is 1. The van der Waals surface area contributed by atoms with Crippen LogP contribution in [0.5, 0.6) is 0 Å². The summed E-state index contributed by atoms with van der Waals surface area (Å²) in [6.45, 7) is 0. The molecule has 3 aromatic heterocycles. The fraction of sp³-hybridized carbons (Fsp3) is 0.304. The highest BCUT2D eigenvalue weighted by Crippen LogP contribution is 2.38. The van der Waals surface area contributed by atoms with E-state index in [1.165, 1.54) is 6.20 Å². The normalized spacial score (nSPS) is 16.6. The quantitative estimate of drug-likeness (QED) is 0.526. The lowest BCUT2D eigenvalue weighted by molar-refractivity contribution is -0.0446. The minimum absolute atomic E-state index is 0.174. The van der Waals surface area contributed by atoms with Gasteiger partial charge in [0.25, 0.3) is 5.56 Å². The first-order valence-corrected chi connectivity index (χ1v) is 10.3. The summed E-state index contributed by atoms with van der Waals surface area (Å²) in [6, 6.07) is 13.4. The summed E-state index contributed by atoms with van der Waals surface area (Å²) in [5.41, 5.74) is 2.96. The van der Waals surface area contributed by atoms with Gasteiger partial charge in [-0.05, 0) is 30.5 Å². The van der Waals surface area contributed by atoms with Crippen LogP contribution in [0, 0.1) is 0 Å². The van der Waals surface area contributed by atoms with Gasteiger partial charge >= 0.3 is 0 Å². The van der Waals surface area contributed by atoms with Gasteiger partial charge in [-0.15, -0.1) is 0 Å². The van der Waals surface area contributed by atoms with Gasteiger partial charge < -0.3 is 4.98 Å². The number of rotatable bonds is 4. The molecule has 0 amide bonds. The first-order valence-electron chi connectivity index (χ1n) is 10.3. The van der Waals surface area contributed by atoms with Crippen LogP contribution >= 0.6 is 0 Å². The smallest absolute Gasteiger partial charge is 0.262 e. The van der Waals surface area contributed by atoms with Crippen LogP contribution in [-0.2, 0) is 6.42 Å². The highest BCUT2D eigenvalue weighted by molar-refractivity contribution is 5.73. The summed E-state index contributed by atoms with van der Waals surface area (Å²) in [7, 11) is 0. The Morgan fingerprint density at radius 3 is 2.65 bits per heavy atom. The van der Waals surface area contributed by atoms with Crippen molar-refractivity contribution in [2.24, 2.45) is 0 Å². The van der Waals surface area contributed by atoms with Crippen molar-refractivity contribution in [1.82, 2.24) is 24.7 Å². The second-order valence-corrected chi connectivity index (χ2v) is 7.98. The zero-order chi connectivity index (χ0) is 21.4. The molecule has 0 bridgehead atoms. The third-order valence-corrected chi connectivity index (χ3v) is 5.86. The number of alkyl halides is 2. The number of H-pyrrole nitrogens is 1. The SMILES string of the molecule is O=c1[nH]c(Cc2ccccc2-c2ccccn2)nc2c1cnn2C1CCC(F)(F)CC1. The lowest BCUT2D eigenvalue weighted by Gasteiger charge is -2.28. The average Bonchev–Trinajstić information content (AvgIpc) is 3.19. The number of hydrogen-bond donors (Lipinski definition) is 1. The Morgan fingerprint density at radius 1 is 1.10 bits per heavy atom. The van der Waals surface area contributed by atoms with Crippen molar-refractivity contribution in [1.29, 1.82) is 0 Å². The van der Waals surface area contributed by atoms with Crippen molar-refractivity contribution in [3.63, 3.8) is 0 Å². The molecule has 4 aromatic rings. The molecule has 0 spiro atoms. The molecule has 1 aromatic carbocycles. The maximum Gasteiger partial charge on any atom is 0.262 e. The number of benzene rings is 1. The Kier molecular flexibility index (Phi) is 4.84. The van der Waals surface area contributed by atoms with Crippen LogP contribution < -0.4 is 5.56 Å². The fourth-order valence-corrected chi connectivity index (χ4v) is 4.23. The molecule has 3 heterocycles. The average molecular weight is 421 g/mol. The van der Waals surface area contributed by atoms with Gasteiger partial charge in [0.1, 0.15) is 11.2 Å². The van der Waals surface area contributed by atoms with Gasteiger partial charge in [0.05, 0.1) is 17.9 Å². The number of aromatic nitrogens is 5. The van der Waals surface area contributed by atoms with Gasteiger partial charge in [0.15, 0.2) is 5.65 Å². The minimum Gasteiger partial charge on any atom is -0.310 e. The summed E-state index contributed by atoms with van der Waals surface area (Å²) in [5.74, 6) is -2.12. The highest BCUT2D eigenvalue weighted by atomic mass is 19.3. The molecule has 158 valence electrons. The van der Waals surface area contributed by atoms with Crippen molar-refractivity contribution in [3.8, 4) is 11.3 Å². The van der Waals surface area contributed by atoms with Crippen LogP contribution in [0.4, 0.5) is 8.78 Å². The maximum absolute atomic E-state index is 13.6. The van der Waals surface area contributed by atoms with E-state index in [2.05, 4.69) is 20.1 Å². The third kappa shape index (κ3) is 3.85. The minimum atomic E-state index is -2.62. The summed E-state index contributed by atoms with van der Waals surface area (Å²) in [6.07, 6.45) is 3.90. The summed E-state index contributed by atoms with van der Waals surface area (Å²) in [5, 5.41) is 4.69. The Labute approximate surface area is 177 Å². The number of halogens is 2. The zero-order valence-electron chi connectivity index (χ0n) is 16.8. The molecular formula is C23H21F2N5O. The van der Waals surface area contributed by atoms with Crippen LogP contribution in [0.3, 0.4) is 0 Å². The van der Waals surface area contributed by atoms with Gasteiger partial charge in [-0.3, -0.25) is 9.78 Å². The standard InChI is InChI=1S/C23H21F2N5O/c24-23(25)10-8-16(9-11-23)30-21-18(14-27-30)22(31)29-20(28-21)13-15-5-1-2-6-17(15)19-7-3-4-12-26-19/h1-7,12,14,16H,8-11,13H2,(H,28,29,31). The van der Waals surface area contributed by atoms with Crippen LogP contribution in [0.1, 0.15) is 43.1 Å². The molecule has 1 aliphatic rings. The van der Waals surface area contributed by atoms with E-state index in [1.54, 1.807) is 10.9 Å². The molecule has 0 aliphatic heterocycles. The second kappa shape index (κ2) is 7.68. The van der Waals surface area contributed by atoms with Gasteiger partial charge in [-0.2, -0.15) is 5.10 Å². The topological polar surface area (TPSA) is 76.5 Å². The predicted molar refractivity (Wildman–Crippen MR) is 113 cm³/mol. The van der Waals surface area contributed by atoms with Crippen molar-refractivity contribution in [3.05, 3.63) is 76.6 Å². The van der Waals surface area contributed by atoms with Gasteiger partial charge in [-0.25, -0.2) is 18.4 Å². The first-order chi connectivity index (χ1) is 15.0. The van der Waals surface area contributed by atoms with E-state index in [0.717, 1.165) is 16.8 Å². The zero-order valence-corrected chi connectivity index (χ0v) is 16.8. The molecular weight excluding hydrogens is 400 g/mol. The predicted octanol–water partition coefficient (Wildman–Crippen LogP) is 4.52. The van der Waals surface area contributed by atoms with Gasteiger partial charge in [0.2, 0.25) is 5.92 Å². The van der Waals surface area contributed by atoms with Gasteiger partial charge in [-0.1, -0.05) is 30.3 Å². The summed E-state index contributed by atoms with van der Waals surface area (Å²) >= 11 is 0. The molecule has 1 aliphatic carbocycles. The van der Waals surface area contributed by atoms with Gasteiger partial charge in [0, 0.05) is 31.0 Å². The largest absolute Gasteiger partial charge is 0.310 e. The molecule has 0 radical (unpaired) electrons. The van der Waals surface area contributed by atoms with Crippen LogP contribution in [0.2, 0.25) is 0 Å². The maximum atomic E-state index is 13.6. The van der Waals surface area contributed by atoms with E-state index < -0.39 is 5.92 Å². The monoisotopic (exact) mass is 421 g/mol. The summed E-state index contributed by atoms with van der Waals surface area (Å²) < 4.78 is 28.8. The van der Waals surface area contributed by atoms with E-state index in [4.69, 9.17) is 0 Å². The Morgan fingerprint density at radius 2 is 1.87 bits per heavy atom. The summed E-state index contributed by atoms with van der Waals surface area (Å²) in [4.78, 5) is 24.6. The van der Waals surface area contributed by atoms with E-state index in [0.29, 0.717) is 36.1 Å². The van der Waals surface area contributed by atoms with Crippen molar-refractivity contribution in [2.45, 2.75) is 44.1 Å². The number of nitrogens with one attached hydrogen (secondary N) is 1. The molecule has 6 nitrogen and oxygen atoms in total. The van der Waals surface area contributed by atoms with E-state index in [1.807, 2.05) is 42.5 Å². The number of hydrogen-bond acceptors (Lipinski definition) is 4. The van der Waals surface area contributed by atoms with Crippen LogP contribution in [0.15, 0.2) is 59.7 Å². The Bertz CT molecular complexity index is 1270. The lowest BCUT2D eigenvalue weighted by Crippen LogP contribution is -2.27. The number of fused-ring (bicyclic) bond motifs is 1. The van der Waals surface area contributed by atoms with Crippen molar-refractivity contribution in [2.75, 3.05) is 0 Å². The molecule has 1 saturated carbocycles. The molecule has 1 fully saturated rings. The fourth-order valence-electron chi connectivity index (χ4n) is 4.23. The Balaban J connectivity index is 1.51. The van der Waals surface area contributed by atoms with Crippen LogP contribution in [0.25, 0.3) is 22.3 Å². The number of nitrogens with zero attached hydrogens (tertiary/aromatic N) is 4. The molecule has 31 heavy (non-hydrogen) atoms. The lowest BCUT2D eigenvalue weighted by atomic mass is 9.92. The first kappa shape index (κ1) is 19.5. The van der Waals surface area contributed by atoms with Crippen LogP contribution in [-0.4, -0.2) is 30.7 Å². The molecule has 0 saturated heterocycles. The molecule has 0 unspecified atom stereocenters. The third-order valence-electron chi connectivity index (χ3n) is 5.86. The van der Waals surface area contributed by atoms with E-state index in [9.17, 15) is 13.6 Å². The molecule has 0 atom stereocenters. The molecule has 5 rings (SSSR count). The number of pyridine rings is 1. The van der Waals surface area contributed by atoms with Crippen molar-refractivity contribution < 1.29 is 8.78 Å².